The number of hydrogen-bond donors (Lipinski definition) is 1. The Morgan fingerprint density at radius 2 is 2.00 bits per heavy atom. The maximum Gasteiger partial charge on any atom is 0.251 e. The predicted octanol–water partition coefficient (Wildman–Crippen LogP) is 2.25. The van der Waals surface area contributed by atoms with E-state index in [2.05, 4.69) is 30.1 Å². The molecule has 1 unspecified atom stereocenters. The van der Waals surface area contributed by atoms with Gasteiger partial charge in [0.1, 0.15) is 0 Å². The molecule has 0 saturated carbocycles. The van der Waals surface area contributed by atoms with Crippen molar-refractivity contribution < 1.29 is 4.79 Å². The van der Waals surface area contributed by atoms with Crippen LogP contribution in [0.2, 0.25) is 0 Å². The molecule has 0 spiro atoms. The van der Waals surface area contributed by atoms with Crippen LogP contribution < -0.4 is 5.32 Å². The fourth-order valence-corrected chi connectivity index (χ4v) is 2.62. The summed E-state index contributed by atoms with van der Waals surface area (Å²) >= 11 is 0. The number of carbonyl (C=O) groups excluding carboxylic acids is 1. The van der Waals surface area contributed by atoms with Crippen molar-refractivity contribution in [3.8, 4) is 0 Å². The lowest BCUT2D eigenvalue weighted by molar-refractivity contribution is 0.0938. The topological polar surface area (TPSA) is 32.3 Å². The zero-order valence-corrected chi connectivity index (χ0v) is 11.3. The third-order valence-electron chi connectivity index (χ3n) is 3.84. The molecule has 1 aliphatic rings. The molecular weight excluding hydrogens is 224 g/mol. The van der Waals surface area contributed by atoms with Crippen LogP contribution in [-0.4, -0.2) is 37.0 Å². The first kappa shape index (κ1) is 13.1. The molecule has 2 rings (SSSR count). The molecule has 1 amide bonds. The number of amides is 1. The van der Waals surface area contributed by atoms with Gasteiger partial charge in [-0.1, -0.05) is 32.0 Å². The van der Waals surface area contributed by atoms with Crippen LogP contribution in [0.1, 0.15) is 42.1 Å². The number of benzene rings is 1. The summed E-state index contributed by atoms with van der Waals surface area (Å²) in [5.74, 6) is 0.532. The highest BCUT2D eigenvalue weighted by molar-refractivity contribution is 5.97. The molecule has 0 radical (unpaired) electrons. The number of fused-ring (bicyclic) bond motifs is 1. The standard InChI is InChI=1S/C15H22N2O/c1-3-17(4-2)10-9-12-11-16-15(18)14-8-6-5-7-13(12)14/h5-8,12H,3-4,9-11H2,1-2H3,(H,16,18). The lowest BCUT2D eigenvalue weighted by Crippen LogP contribution is -2.36. The van der Waals surface area contributed by atoms with Crippen molar-refractivity contribution in [2.24, 2.45) is 0 Å². The van der Waals surface area contributed by atoms with Gasteiger partial charge in [-0.15, -0.1) is 0 Å². The van der Waals surface area contributed by atoms with E-state index in [-0.39, 0.29) is 5.91 Å². The van der Waals surface area contributed by atoms with E-state index in [9.17, 15) is 4.79 Å². The first-order valence-electron chi connectivity index (χ1n) is 6.85. The molecule has 3 nitrogen and oxygen atoms in total. The summed E-state index contributed by atoms with van der Waals surface area (Å²) in [5, 5.41) is 2.99. The van der Waals surface area contributed by atoms with E-state index < -0.39 is 0 Å². The second-order valence-corrected chi connectivity index (χ2v) is 4.81. The van der Waals surface area contributed by atoms with E-state index in [0.717, 1.165) is 38.2 Å². The normalized spacial score (nSPS) is 18.6. The quantitative estimate of drug-likeness (QED) is 0.864. The third-order valence-corrected chi connectivity index (χ3v) is 3.84. The van der Waals surface area contributed by atoms with Crippen molar-refractivity contribution in [3.63, 3.8) is 0 Å². The van der Waals surface area contributed by atoms with Gasteiger partial charge in [-0.05, 0) is 37.7 Å². The van der Waals surface area contributed by atoms with E-state index >= 15 is 0 Å². The summed E-state index contributed by atoms with van der Waals surface area (Å²) in [6.45, 7) is 8.45. The minimum Gasteiger partial charge on any atom is -0.351 e. The summed E-state index contributed by atoms with van der Waals surface area (Å²) in [5.41, 5.74) is 2.07. The number of nitrogens with zero attached hydrogens (tertiary/aromatic N) is 1. The summed E-state index contributed by atoms with van der Waals surface area (Å²) in [6, 6.07) is 7.99. The number of carbonyl (C=O) groups is 1. The van der Waals surface area contributed by atoms with Crippen molar-refractivity contribution in [3.05, 3.63) is 35.4 Å². The van der Waals surface area contributed by atoms with Gasteiger partial charge in [0, 0.05) is 18.0 Å². The highest BCUT2D eigenvalue weighted by atomic mass is 16.1. The Bertz CT molecular complexity index is 413. The smallest absolute Gasteiger partial charge is 0.251 e. The monoisotopic (exact) mass is 246 g/mol. The van der Waals surface area contributed by atoms with Crippen molar-refractivity contribution in [2.75, 3.05) is 26.2 Å². The van der Waals surface area contributed by atoms with E-state index in [4.69, 9.17) is 0 Å². The van der Waals surface area contributed by atoms with Crippen molar-refractivity contribution >= 4 is 5.91 Å². The molecule has 1 aliphatic heterocycles. The van der Waals surface area contributed by atoms with Crippen LogP contribution in [-0.2, 0) is 0 Å². The second kappa shape index (κ2) is 6.01. The van der Waals surface area contributed by atoms with Crippen LogP contribution in [0.15, 0.2) is 24.3 Å². The summed E-state index contributed by atoms with van der Waals surface area (Å²) in [7, 11) is 0. The van der Waals surface area contributed by atoms with Gasteiger partial charge in [0.25, 0.3) is 5.91 Å². The Morgan fingerprint density at radius 1 is 1.28 bits per heavy atom. The van der Waals surface area contributed by atoms with Gasteiger partial charge in [-0.25, -0.2) is 0 Å². The Morgan fingerprint density at radius 3 is 2.72 bits per heavy atom. The average Bonchev–Trinajstić information content (AvgIpc) is 2.42. The molecule has 18 heavy (non-hydrogen) atoms. The maximum absolute atomic E-state index is 11.8. The third kappa shape index (κ3) is 2.72. The zero-order valence-electron chi connectivity index (χ0n) is 11.3. The molecule has 0 saturated heterocycles. The van der Waals surface area contributed by atoms with E-state index in [0.29, 0.717) is 5.92 Å². The van der Waals surface area contributed by atoms with E-state index in [1.54, 1.807) is 0 Å². The molecule has 0 bridgehead atoms. The average molecular weight is 246 g/mol. The fourth-order valence-electron chi connectivity index (χ4n) is 2.62. The molecule has 1 heterocycles. The summed E-state index contributed by atoms with van der Waals surface area (Å²) in [4.78, 5) is 14.2. The van der Waals surface area contributed by atoms with Crippen LogP contribution in [0, 0.1) is 0 Å². The molecule has 1 N–H and O–H groups in total. The molecule has 0 fully saturated rings. The number of nitrogens with one attached hydrogen (secondary N) is 1. The van der Waals surface area contributed by atoms with Crippen LogP contribution in [0.3, 0.4) is 0 Å². The van der Waals surface area contributed by atoms with Crippen LogP contribution in [0.25, 0.3) is 0 Å². The molecule has 98 valence electrons. The molecule has 1 aromatic carbocycles. The first-order valence-corrected chi connectivity index (χ1v) is 6.85. The highest BCUT2D eigenvalue weighted by Crippen LogP contribution is 2.26. The van der Waals surface area contributed by atoms with Gasteiger partial charge in [0.2, 0.25) is 0 Å². The van der Waals surface area contributed by atoms with Crippen molar-refractivity contribution in [2.45, 2.75) is 26.2 Å². The Balaban J connectivity index is 2.07. The first-order chi connectivity index (χ1) is 8.76. The van der Waals surface area contributed by atoms with Gasteiger partial charge in [0.05, 0.1) is 0 Å². The molecule has 1 atom stereocenters. The summed E-state index contributed by atoms with van der Waals surface area (Å²) < 4.78 is 0. The number of hydrogen-bond acceptors (Lipinski definition) is 2. The van der Waals surface area contributed by atoms with Gasteiger partial charge in [-0.3, -0.25) is 4.79 Å². The minimum absolute atomic E-state index is 0.0738. The second-order valence-electron chi connectivity index (χ2n) is 4.81. The lowest BCUT2D eigenvalue weighted by atomic mass is 9.88. The number of rotatable bonds is 5. The zero-order chi connectivity index (χ0) is 13.0. The largest absolute Gasteiger partial charge is 0.351 e. The van der Waals surface area contributed by atoms with Crippen molar-refractivity contribution in [1.29, 1.82) is 0 Å². The molecule has 1 aromatic rings. The fraction of sp³-hybridized carbons (Fsp3) is 0.533. The Labute approximate surface area is 109 Å². The summed E-state index contributed by atoms with van der Waals surface area (Å²) in [6.07, 6.45) is 1.11. The molecular formula is C15H22N2O. The van der Waals surface area contributed by atoms with Gasteiger partial charge < -0.3 is 10.2 Å². The molecule has 0 aromatic heterocycles. The predicted molar refractivity (Wildman–Crippen MR) is 73.9 cm³/mol. The van der Waals surface area contributed by atoms with E-state index in [1.807, 2.05) is 18.2 Å². The van der Waals surface area contributed by atoms with Crippen molar-refractivity contribution in [1.82, 2.24) is 10.2 Å². The van der Waals surface area contributed by atoms with Crippen LogP contribution >= 0.6 is 0 Å². The molecule has 3 heteroatoms. The lowest BCUT2D eigenvalue weighted by Gasteiger charge is -2.28. The SMILES string of the molecule is CCN(CC)CCC1CNC(=O)c2ccccc21. The molecule has 0 aliphatic carbocycles. The van der Waals surface area contributed by atoms with Crippen LogP contribution in [0.5, 0.6) is 0 Å². The van der Waals surface area contributed by atoms with Crippen LogP contribution in [0.4, 0.5) is 0 Å². The minimum atomic E-state index is 0.0738. The Kier molecular flexibility index (Phi) is 4.37. The van der Waals surface area contributed by atoms with Gasteiger partial charge in [0.15, 0.2) is 0 Å². The van der Waals surface area contributed by atoms with E-state index in [1.165, 1.54) is 5.56 Å². The highest BCUT2D eigenvalue weighted by Gasteiger charge is 2.24. The Hall–Kier alpha value is -1.35. The maximum atomic E-state index is 11.8. The van der Waals surface area contributed by atoms with Gasteiger partial charge >= 0.3 is 0 Å². The van der Waals surface area contributed by atoms with Gasteiger partial charge in [-0.2, -0.15) is 0 Å².